The molecule has 0 atom stereocenters. The minimum absolute atomic E-state index is 0.207. The van der Waals surface area contributed by atoms with Crippen LogP contribution in [0, 0.1) is 20.8 Å². The van der Waals surface area contributed by atoms with E-state index in [9.17, 15) is 13.2 Å². The maximum atomic E-state index is 12.9. The van der Waals surface area contributed by atoms with Gasteiger partial charge in [-0.2, -0.15) is 0 Å². The summed E-state index contributed by atoms with van der Waals surface area (Å²) >= 11 is 0. The average Bonchev–Trinajstić information content (AvgIpc) is 2.72. The Kier molecular flexibility index (Phi) is 7.48. The van der Waals surface area contributed by atoms with Gasteiger partial charge in [0.25, 0.3) is 0 Å². The lowest BCUT2D eigenvalue weighted by Gasteiger charge is -2.13. The van der Waals surface area contributed by atoms with Gasteiger partial charge in [-0.3, -0.25) is 4.79 Å². The number of ether oxygens (including phenoxy) is 1. The summed E-state index contributed by atoms with van der Waals surface area (Å²) in [5, 5.41) is 0. The van der Waals surface area contributed by atoms with E-state index in [1.54, 1.807) is 6.92 Å². The molecular weight excluding hydrogens is 422 g/mol. The van der Waals surface area contributed by atoms with Gasteiger partial charge < -0.3 is 4.74 Å². The van der Waals surface area contributed by atoms with Crippen molar-refractivity contribution in [3.8, 4) is 11.1 Å². The molecule has 32 heavy (non-hydrogen) atoms. The van der Waals surface area contributed by atoms with Crippen LogP contribution < -0.4 is 4.72 Å². The number of sulfonamides is 1. The topological polar surface area (TPSA) is 72.5 Å². The molecule has 0 saturated carbocycles. The summed E-state index contributed by atoms with van der Waals surface area (Å²) in [7, 11) is -3.61. The van der Waals surface area contributed by atoms with Crippen LogP contribution in [0.5, 0.6) is 0 Å². The minimum Gasteiger partial charge on any atom is -0.466 e. The van der Waals surface area contributed by atoms with Crippen LogP contribution in [0.1, 0.15) is 34.7 Å². The normalized spacial score (nSPS) is 11.4. The number of hydrogen-bond donors (Lipinski definition) is 1. The molecule has 3 aromatic rings. The van der Waals surface area contributed by atoms with Gasteiger partial charge in [0.2, 0.25) is 10.0 Å². The highest BCUT2D eigenvalue weighted by Gasteiger charge is 2.19. The van der Waals surface area contributed by atoms with Gasteiger partial charge in [0.15, 0.2) is 0 Å². The quantitative estimate of drug-likeness (QED) is 0.496. The van der Waals surface area contributed by atoms with Gasteiger partial charge in [0.1, 0.15) is 0 Å². The van der Waals surface area contributed by atoms with Crippen molar-refractivity contribution in [2.75, 3.05) is 6.61 Å². The second kappa shape index (κ2) is 10.1. The Morgan fingerprint density at radius 3 is 2.16 bits per heavy atom. The van der Waals surface area contributed by atoms with Crippen LogP contribution in [-0.4, -0.2) is 21.0 Å². The number of carbonyl (C=O) groups is 1. The number of esters is 1. The third-order valence-electron chi connectivity index (χ3n) is 5.21. The number of benzene rings is 3. The standard InChI is InChI=1S/C26H29NO4S/c1-5-31-25(28)16-22-7-6-8-24(15-22)23-11-9-21(10-12-23)17-27-32(29,30)26-19(3)13-18(2)14-20(26)4/h6-15,27H,5,16-17H2,1-4H3. The van der Waals surface area contributed by atoms with Crippen LogP contribution in [-0.2, 0) is 32.5 Å². The van der Waals surface area contributed by atoms with Gasteiger partial charge in [-0.1, -0.05) is 66.2 Å². The summed E-state index contributed by atoms with van der Waals surface area (Å²) in [4.78, 5) is 12.1. The van der Waals surface area contributed by atoms with Gasteiger partial charge in [-0.15, -0.1) is 0 Å². The monoisotopic (exact) mass is 451 g/mol. The molecule has 5 nitrogen and oxygen atoms in total. The molecule has 0 aliphatic heterocycles. The SMILES string of the molecule is CCOC(=O)Cc1cccc(-c2ccc(CNS(=O)(=O)c3c(C)cc(C)cc3C)cc2)c1. The summed E-state index contributed by atoms with van der Waals surface area (Å²) in [5.41, 5.74) is 6.27. The van der Waals surface area contributed by atoms with Gasteiger partial charge in [-0.05, 0) is 61.1 Å². The van der Waals surface area contributed by atoms with Crippen molar-refractivity contribution in [2.45, 2.75) is 45.6 Å². The van der Waals surface area contributed by atoms with Crippen molar-refractivity contribution >= 4 is 16.0 Å². The fourth-order valence-corrected chi connectivity index (χ4v) is 5.36. The molecule has 0 saturated heterocycles. The Morgan fingerprint density at radius 2 is 1.53 bits per heavy atom. The van der Waals surface area contributed by atoms with Crippen molar-refractivity contribution in [2.24, 2.45) is 0 Å². The number of hydrogen-bond acceptors (Lipinski definition) is 4. The fourth-order valence-electron chi connectivity index (χ4n) is 3.90. The van der Waals surface area contributed by atoms with Crippen molar-refractivity contribution in [3.05, 3.63) is 88.5 Å². The molecule has 0 aliphatic rings. The molecule has 0 aliphatic carbocycles. The largest absolute Gasteiger partial charge is 0.466 e. The minimum atomic E-state index is -3.61. The first-order valence-electron chi connectivity index (χ1n) is 10.6. The average molecular weight is 452 g/mol. The number of nitrogens with one attached hydrogen (secondary N) is 1. The highest BCUT2D eigenvalue weighted by molar-refractivity contribution is 7.89. The first-order valence-corrected chi connectivity index (χ1v) is 12.1. The van der Waals surface area contributed by atoms with E-state index in [0.717, 1.165) is 38.9 Å². The number of carbonyl (C=O) groups excluding carboxylic acids is 1. The molecule has 1 N–H and O–H groups in total. The Balaban J connectivity index is 1.71. The Hall–Kier alpha value is -2.96. The van der Waals surface area contributed by atoms with Crippen molar-refractivity contribution in [1.29, 1.82) is 0 Å². The summed E-state index contributed by atoms with van der Waals surface area (Å²) in [6.07, 6.45) is 0.236. The summed E-state index contributed by atoms with van der Waals surface area (Å²) < 4.78 is 33.5. The first kappa shape index (κ1) is 23.7. The van der Waals surface area contributed by atoms with E-state index < -0.39 is 10.0 Å². The maximum Gasteiger partial charge on any atom is 0.310 e. The van der Waals surface area contributed by atoms with Gasteiger partial charge in [0.05, 0.1) is 17.9 Å². The number of rotatable bonds is 8. The Labute approximate surface area is 190 Å². The molecule has 0 radical (unpaired) electrons. The molecule has 168 valence electrons. The number of aryl methyl sites for hydroxylation is 3. The van der Waals surface area contributed by atoms with Crippen LogP contribution in [0.2, 0.25) is 0 Å². The van der Waals surface area contributed by atoms with Gasteiger partial charge in [0, 0.05) is 6.54 Å². The highest BCUT2D eigenvalue weighted by atomic mass is 32.2. The zero-order valence-corrected chi connectivity index (χ0v) is 19.8. The molecule has 3 rings (SSSR count). The molecule has 0 fully saturated rings. The molecule has 0 unspecified atom stereocenters. The van der Waals surface area contributed by atoms with E-state index in [1.807, 2.05) is 81.4 Å². The predicted molar refractivity (Wildman–Crippen MR) is 127 cm³/mol. The second-order valence-corrected chi connectivity index (χ2v) is 9.64. The van der Waals surface area contributed by atoms with Crippen LogP contribution in [0.3, 0.4) is 0 Å². The van der Waals surface area contributed by atoms with E-state index in [-0.39, 0.29) is 18.9 Å². The van der Waals surface area contributed by atoms with E-state index in [4.69, 9.17) is 4.74 Å². The van der Waals surface area contributed by atoms with Crippen LogP contribution in [0.25, 0.3) is 11.1 Å². The lowest BCUT2D eigenvalue weighted by atomic mass is 10.0. The fraction of sp³-hybridized carbons (Fsp3) is 0.269. The summed E-state index contributed by atoms with van der Waals surface area (Å²) in [5.74, 6) is -0.244. The highest BCUT2D eigenvalue weighted by Crippen LogP contribution is 2.23. The summed E-state index contributed by atoms with van der Waals surface area (Å²) in [6.45, 7) is 7.96. The molecule has 0 amide bonds. The molecule has 0 heterocycles. The Morgan fingerprint density at radius 1 is 0.875 bits per heavy atom. The zero-order valence-electron chi connectivity index (χ0n) is 18.9. The van der Waals surface area contributed by atoms with Crippen LogP contribution >= 0.6 is 0 Å². The van der Waals surface area contributed by atoms with E-state index >= 15 is 0 Å². The zero-order chi connectivity index (χ0) is 23.3. The molecule has 0 spiro atoms. The third-order valence-corrected chi connectivity index (χ3v) is 6.91. The predicted octanol–water partition coefficient (Wildman–Crippen LogP) is 4.86. The molecule has 3 aromatic carbocycles. The molecule has 0 aromatic heterocycles. The lowest BCUT2D eigenvalue weighted by Crippen LogP contribution is -2.25. The Bertz CT molecular complexity index is 1190. The maximum absolute atomic E-state index is 12.9. The van der Waals surface area contributed by atoms with E-state index in [2.05, 4.69) is 4.72 Å². The second-order valence-electron chi connectivity index (χ2n) is 7.93. The van der Waals surface area contributed by atoms with E-state index in [1.165, 1.54) is 0 Å². The van der Waals surface area contributed by atoms with Crippen molar-refractivity contribution in [3.63, 3.8) is 0 Å². The third kappa shape index (κ3) is 5.84. The van der Waals surface area contributed by atoms with Crippen LogP contribution in [0.4, 0.5) is 0 Å². The molecular formula is C26H29NO4S. The summed E-state index contributed by atoms with van der Waals surface area (Å²) in [6, 6.07) is 19.3. The molecule has 6 heteroatoms. The van der Waals surface area contributed by atoms with Gasteiger partial charge >= 0.3 is 5.97 Å². The first-order chi connectivity index (χ1) is 15.2. The van der Waals surface area contributed by atoms with E-state index in [0.29, 0.717) is 11.5 Å². The smallest absolute Gasteiger partial charge is 0.310 e. The van der Waals surface area contributed by atoms with Crippen molar-refractivity contribution in [1.82, 2.24) is 4.72 Å². The molecule has 0 bridgehead atoms. The van der Waals surface area contributed by atoms with Crippen LogP contribution in [0.15, 0.2) is 65.6 Å². The lowest BCUT2D eigenvalue weighted by molar-refractivity contribution is -0.142. The van der Waals surface area contributed by atoms with Gasteiger partial charge in [-0.25, -0.2) is 13.1 Å². The van der Waals surface area contributed by atoms with Crippen molar-refractivity contribution < 1.29 is 17.9 Å².